The third kappa shape index (κ3) is 1.69. The van der Waals surface area contributed by atoms with Crippen molar-refractivity contribution in [3.05, 3.63) is 24.0 Å². The van der Waals surface area contributed by atoms with Gasteiger partial charge < -0.3 is 5.32 Å². The van der Waals surface area contributed by atoms with E-state index in [-0.39, 0.29) is 0 Å². The largest absolute Gasteiger partial charge is 0.381 e. The van der Waals surface area contributed by atoms with Crippen LogP contribution >= 0.6 is 0 Å². The predicted molar refractivity (Wildman–Crippen MR) is 54.8 cm³/mol. The number of nitrogens with zero attached hydrogens (tertiary/aromatic N) is 2. The Balaban J connectivity index is 2.07. The van der Waals surface area contributed by atoms with E-state index in [9.17, 15) is 0 Å². The molecule has 14 heavy (non-hydrogen) atoms. The van der Waals surface area contributed by atoms with E-state index in [0.29, 0.717) is 11.6 Å². The Kier molecular flexibility index (Phi) is 2.36. The molecule has 1 N–H and O–H groups in total. The molecule has 0 bridgehead atoms. The van der Waals surface area contributed by atoms with Gasteiger partial charge in [-0.05, 0) is 18.4 Å². The summed E-state index contributed by atoms with van der Waals surface area (Å²) in [6.07, 6.45) is 5.76. The van der Waals surface area contributed by atoms with Crippen LogP contribution < -0.4 is 5.32 Å². The molecular weight excluding hydrogens is 174 g/mol. The van der Waals surface area contributed by atoms with Crippen molar-refractivity contribution in [2.24, 2.45) is 5.92 Å². The molecule has 1 aliphatic rings. The summed E-state index contributed by atoms with van der Waals surface area (Å²) in [4.78, 5) is 3.92. The molecular formula is C11H13N3. The highest BCUT2D eigenvalue weighted by Gasteiger charge is 2.35. The summed E-state index contributed by atoms with van der Waals surface area (Å²) < 4.78 is 0. The fourth-order valence-electron chi connectivity index (χ4n) is 1.68. The van der Waals surface area contributed by atoms with Crippen LogP contribution in [-0.4, -0.2) is 11.0 Å². The summed E-state index contributed by atoms with van der Waals surface area (Å²) in [5.41, 5.74) is 1.55. The minimum Gasteiger partial charge on any atom is -0.381 e. The molecule has 1 aromatic rings. The van der Waals surface area contributed by atoms with Crippen molar-refractivity contribution in [2.75, 3.05) is 5.32 Å². The van der Waals surface area contributed by atoms with Gasteiger partial charge in [0.25, 0.3) is 0 Å². The molecule has 0 amide bonds. The Labute approximate surface area is 83.8 Å². The maximum atomic E-state index is 8.84. The van der Waals surface area contributed by atoms with Crippen LogP contribution in [0.5, 0.6) is 0 Å². The van der Waals surface area contributed by atoms with Gasteiger partial charge in [-0.15, -0.1) is 0 Å². The van der Waals surface area contributed by atoms with E-state index in [1.54, 1.807) is 12.4 Å². The maximum Gasteiger partial charge on any atom is 0.103 e. The number of anilines is 1. The summed E-state index contributed by atoms with van der Waals surface area (Å²) in [5.74, 6) is 0.787. The third-order valence-corrected chi connectivity index (χ3v) is 2.73. The Morgan fingerprint density at radius 3 is 3.21 bits per heavy atom. The van der Waals surface area contributed by atoms with Gasteiger partial charge in [-0.25, -0.2) is 0 Å². The van der Waals surface area contributed by atoms with Gasteiger partial charge in [0, 0.05) is 18.4 Å². The average molecular weight is 187 g/mol. The lowest BCUT2D eigenvalue weighted by atomic mass is 10.2. The standard InChI is InChI=1S/C11H13N3/c1-2-8-5-11(8)14-10-3-4-13-7-9(10)6-12/h3-4,7-8,11H,2,5H2,1H3,(H,13,14)/t8-,11-/m1/s1. The quantitative estimate of drug-likeness (QED) is 0.788. The lowest BCUT2D eigenvalue weighted by molar-refractivity contribution is 0.774. The van der Waals surface area contributed by atoms with Gasteiger partial charge >= 0.3 is 0 Å². The molecule has 0 unspecified atom stereocenters. The van der Waals surface area contributed by atoms with E-state index in [2.05, 4.69) is 23.3 Å². The van der Waals surface area contributed by atoms with E-state index in [0.717, 1.165) is 11.6 Å². The second-order valence-electron chi connectivity index (χ2n) is 3.69. The summed E-state index contributed by atoms with van der Waals surface area (Å²) in [5, 5.41) is 12.2. The van der Waals surface area contributed by atoms with Gasteiger partial charge in [0.05, 0.1) is 11.3 Å². The lowest BCUT2D eigenvalue weighted by Crippen LogP contribution is -2.05. The van der Waals surface area contributed by atoms with E-state index in [1.165, 1.54) is 12.8 Å². The number of hydrogen-bond donors (Lipinski definition) is 1. The zero-order chi connectivity index (χ0) is 9.97. The van der Waals surface area contributed by atoms with Crippen molar-refractivity contribution in [2.45, 2.75) is 25.8 Å². The van der Waals surface area contributed by atoms with E-state index in [4.69, 9.17) is 5.26 Å². The van der Waals surface area contributed by atoms with E-state index in [1.807, 2.05) is 6.07 Å². The SMILES string of the molecule is CC[C@@H]1C[C@H]1Nc1ccncc1C#N. The summed E-state index contributed by atoms with van der Waals surface area (Å²) in [6, 6.07) is 4.57. The van der Waals surface area contributed by atoms with Gasteiger partial charge in [-0.2, -0.15) is 5.26 Å². The van der Waals surface area contributed by atoms with Crippen molar-refractivity contribution in [1.82, 2.24) is 4.98 Å². The third-order valence-electron chi connectivity index (χ3n) is 2.73. The zero-order valence-corrected chi connectivity index (χ0v) is 8.20. The predicted octanol–water partition coefficient (Wildman–Crippen LogP) is 2.16. The van der Waals surface area contributed by atoms with E-state index >= 15 is 0 Å². The first kappa shape index (κ1) is 9.01. The molecule has 2 atom stereocenters. The van der Waals surface area contributed by atoms with E-state index < -0.39 is 0 Å². The highest BCUT2D eigenvalue weighted by atomic mass is 15.0. The number of aromatic nitrogens is 1. The Morgan fingerprint density at radius 2 is 2.57 bits per heavy atom. The molecule has 0 spiro atoms. The number of nitriles is 1. The fourth-order valence-corrected chi connectivity index (χ4v) is 1.68. The van der Waals surface area contributed by atoms with Crippen LogP contribution in [0.1, 0.15) is 25.3 Å². The molecule has 72 valence electrons. The van der Waals surface area contributed by atoms with Crippen LogP contribution in [0.4, 0.5) is 5.69 Å². The maximum absolute atomic E-state index is 8.84. The first-order chi connectivity index (χ1) is 6.85. The van der Waals surface area contributed by atoms with Gasteiger partial charge in [0.15, 0.2) is 0 Å². The second-order valence-corrected chi connectivity index (χ2v) is 3.69. The average Bonchev–Trinajstić information content (AvgIpc) is 2.97. The molecule has 1 heterocycles. The minimum absolute atomic E-state index is 0.564. The molecule has 3 nitrogen and oxygen atoms in total. The highest BCUT2D eigenvalue weighted by molar-refractivity contribution is 5.56. The first-order valence-electron chi connectivity index (χ1n) is 4.95. The summed E-state index contributed by atoms with van der Waals surface area (Å²) >= 11 is 0. The minimum atomic E-state index is 0.564. The van der Waals surface area contributed by atoms with Gasteiger partial charge in [-0.3, -0.25) is 4.98 Å². The molecule has 0 aliphatic heterocycles. The fraction of sp³-hybridized carbons (Fsp3) is 0.455. The number of nitrogens with one attached hydrogen (secondary N) is 1. The normalized spacial score (nSPS) is 24.0. The highest BCUT2D eigenvalue weighted by Crippen LogP contribution is 2.36. The lowest BCUT2D eigenvalue weighted by Gasteiger charge is -2.06. The van der Waals surface area contributed by atoms with Gasteiger partial charge in [0.2, 0.25) is 0 Å². The zero-order valence-electron chi connectivity index (χ0n) is 8.20. The Morgan fingerprint density at radius 1 is 1.71 bits per heavy atom. The monoisotopic (exact) mass is 187 g/mol. The first-order valence-corrected chi connectivity index (χ1v) is 4.95. The molecule has 1 fully saturated rings. The number of rotatable bonds is 3. The van der Waals surface area contributed by atoms with Gasteiger partial charge in [0.1, 0.15) is 6.07 Å². The number of pyridine rings is 1. The van der Waals surface area contributed by atoms with Crippen LogP contribution in [0.25, 0.3) is 0 Å². The van der Waals surface area contributed by atoms with Gasteiger partial charge in [-0.1, -0.05) is 13.3 Å². The molecule has 2 rings (SSSR count). The molecule has 1 aliphatic carbocycles. The second kappa shape index (κ2) is 3.67. The molecule has 3 heteroatoms. The topological polar surface area (TPSA) is 48.7 Å². The van der Waals surface area contributed by atoms with Crippen LogP contribution in [-0.2, 0) is 0 Å². The molecule has 0 saturated heterocycles. The Bertz CT molecular complexity index is 367. The molecule has 1 aromatic heterocycles. The van der Waals surface area contributed by atoms with Crippen molar-refractivity contribution < 1.29 is 0 Å². The van der Waals surface area contributed by atoms with Crippen molar-refractivity contribution in [3.8, 4) is 6.07 Å². The molecule has 1 saturated carbocycles. The van der Waals surface area contributed by atoms with Crippen LogP contribution in [0.15, 0.2) is 18.5 Å². The smallest absolute Gasteiger partial charge is 0.103 e. The van der Waals surface area contributed by atoms with Crippen LogP contribution in [0.2, 0.25) is 0 Å². The number of hydrogen-bond acceptors (Lipinski definition) is 3. The molecule has 0 aromatic carbocycles. The van der Waals surface area contributed by atoms with Crippen molar-refractivity contribution in [3.63, 3.8) is 0 Å². The summed E-state index contributed by atoms with van der Waals surface area (Å²) in [7, 11) is 0. The summed E-state index contributed by atoms with van der Waals surface area (Å²) in [6.45, 7) is 2.20. The Hall–Kier alpha value is -1.56. The van der Waals surface area contributed by atoms with Crippen molar-refractivity contribution >= 4 is 5.69 Å². The van der Waals surface area contributed by atoms with Crippen LogP contribution in [0, 0.1) is 17.2 Å². The van der Waals surface area contributed by atoms with Crippen LogP contribution in [0.3, 0.4) is 0 Å². The van der Waals surface area contributed by atoms with Crippen molar-refractivity contribution in [1.29, 1.82) is 5.26 Å². The molecule has 0 radical (unpaired) electrons.